The van der Waals surface area contributed by atoms with Crippen molar-refractivity contribution in [2.75, 3.05) is 12.0 Å². The lowest BCUT2D eigenvalue weighted by Crippen LogP contribution is -2.02. The van der Waals surface area contributed by atoms with Crippen LogP contribution in [0.25, 0.3) is 22.1 Å². The van der Waals surface area contributed by atoms with Gasteiger partial charge < -0.3 is 14.5 Å². The number of nitrogens with one attached hydrogen (secondary N) is 2. The van der Waals surface area contributed by atoms with Gasteiger partial charge >= 0.3 is 0 Å². The van der Waals surface area contributed by atoms with Gasteiger partial charge in [0.05, 0.1) is 17.3 Å². The third-order valence-corrected chi connectivity index (χ3v) is 6.12. The van der Waals surface area contributed by atoms with E-state index >= 15 is 0 Å². The maximum Gasteiger partial charge on any atom is 0.265 e. The molecule has 0 aliphatic carbocycles. The van der Waals surface area contributed by atoms with Gasteiger partial charge in [-0.05, 0) is 52.7 Å². The highest BCUT2D eigenvalue weighted by Crippen LogP contribution is 2.37. The Hall–Kier alpha value is -3.69. The fraction of sp³-hybridized carbons (Fsp3) is 0.120. The fourth-order valence-corrected chi connectivity index (χ4v) is 4.33. The zero-order chi connectivity index (χ0) is 24.2. The van der Waals surface area contributed by atoms with E-state index in [1.807, 2.05) is 67.6 Å². The molecule has 176 valence electrons. The van der Waals surface area contributed by atoms with Crippen molar-refractivity contribution in [1.29, 1.82) is 0 Å². The molecule has 0 aliphatic rings. The van der Waals surface area contributed by atoms with Crippen LogP contribution < -0.4 is 14.9 Å². The normalized spacial score (nSPS) is 11.4. The van der Waals surface area contributed by atoms with Crippen LogP contribution in [0.15, 0.2) is 70.2 Å². The van der Waals surface area contributed by atoms with E-state index in [9.17, 15) is 0 Å². The number of fused-ring (bicyclic) bond motifs is 3. The largest absolute Gasteiger partial charge is 0.490 e. The quantitative estimate of drug-likeness (QED) is 0.172. The first kappa shape index (κ1) is 23.1. The predicted molar refractivity (Wildman–Crippen MR) is 142 cm³/mol. The topological polar surface area (TPSA) is 97.3 Å². The summed E-state index contributed by atoms with van der Waals surface area (Å²) in [5.74, 6) is 1.46. The van der Waals surface area contributed by atoms with Crippen molar-refractivity contribution in [3.63, 3.8) is 0 Å². The molecular weight excluding hydrogens is 532 g/mol. The molecule has 0 saturated carbocycles. The van der Waals surface area contributed by atoms with Gasteiger partial charge in [-0.25, -0.2) is 5.43 Å². The van der Waals surface area contributed by atoms with Crippen molar-refractivity contribution >= 4 is 61.8 Å². The summed E-state index contributed by atoms with van der Waals surface area (Å²) < 4.78 is 12.6. The number of nitrogens with zero attached hydrogens (tertiary/aromatic N) is 4. The van der Waals surface area contributed by atoms with Gasteiger partial charge in [0, 0.05) is 21.5 Å². The number of aromatic amines is 1. The standard InChI is InChI=1S/C25H20BrClN6O2/c1-2-34-21-12-15(11-18(26)23(21)35-14-16-7-3-5-9-19(16)27)13-28-32-25-30-24-22(31-33-25)17-8-4-6-10-20(17)29-24/h3-13H,2,14H2,1H3,(H2,29,30,32,33)/b28-13+. The zero-order valence-corrected chi connectivity index (χ0v) is 21.0. The molecule has 0 amide bonds. The summed E-state index contributed by atoms with van der Waals surface area (Å²) in [7, 11) is 0. The number of H-pyrrole nitrogens is 1. The van der Waals surface area contributed by atoms with Gasteiger partial charge in [0.15, 0.2) is 17.1 Å². The van der Waals surface area contributed by atoms with Crippen LogP contribution >= 0.6 is 27.5 Å². The number of benzene rings is 3. The van der Waals surface area contributed by atoms with Crippen LogP contribution in [0.5, 0.6) is 11.5 Å². The third-order valence-electron chi connectivity index (χ3n) is 5.16. The number of para-hydroxylation sites is 1. The van der Waals surface area contributed by atoms with Gasteiger partial charge in [0.2, 0.25) is 0 Å². The van der Waals surface area contributed by atoms with Crippen molar-refractivity contribution in [2.24, 2.45) is 5.10 Å². The van der Waals surface area contributed by atoms with Gasteiger partial charge in [0.25, 0.3) is 5.95 Å². The SMILES string of the molecule is CCOc1cc(/C=N/Nc2nnc3c(n2)[nH]c2ccccc23)cc(Br)c1OCc1ccccc1Cl. The third kappa shape index (κ3) is 5.06. The van der Waals surface area contributed by atoms with Gasteiger partial charge in [-0.1, -0.05) is 48.0 Å². The molecule has 35 heavy (non-hydrogen) atoms. The number of hydrazone groups is 1. The second kappa shape index (κ2) is 10.3. The molecule has 2 N–H and O–H groups in total. The monoisotopic (exact) mass is 550 g/mol. The van der Waals surface area contributed by atoms with Gasteiger partial charge in [-0.15, -0.1) is 10.2 Å². The number of aromatic nitrogens is 4. The Morgan fingerprint density at radius 2 is 1.91 bits per heavy atom. The lowest BCUT2D eigenvalue weighted by molar-refractivity contribution is 0.267. The van der Waals surface area contributed by atoms with Crippen molar-refractivity contribution in [3.05, 3.63) is 81.3 Å². The number of ether oxygens (including phenoxy) is 2. The molecule has 8 nitrogen and oxygen atoms in total. The van der Waals surface area contributed by atoms with E-state index in [1.54, 1.807) is 6.21 Å². The average molecular weight is 552 g/mol. The molecule has 5 aromatic rings. The second-order valence-corrected chi connectivity index (χ2v) is 8.78. The molecule has 0 fully saturated rings. The van der Waals surface area contributed by atoms with E-state index in [2.05, 4.69) is 46.6 Å². The van der Waals surface area contributed by atoms with E-state index in [0.717, 1.165) is 26.5 Å². The Labute approximate surface area is 214 Å². The molecular formula is C25H20BrClN6O2. The molecule has 0 radical (unpaired) electrons. The van der Waals surface area contributed by atoms with Crippen molar-refractivity contribution < 1.29 is 9.47 Å². The van der Waals surface area contributed by atoms with Crippen LogP contribution in [0.3, 0.4) is 0 Å². The minimum absolute atomic E-state index is 0.282. The molecule has 3 aromatic carbocycles. The van der Waals surface area contributed by atoms with Crippen molar-refractivity contribution in [3.8, 4) is 11.5 Å². The number of halogens is 2. The van der Waals surface area contributed by atoms with Crippen LogP contribution in [0.2, 0.25) is 5.02 Å². The summed E-state index contributed by atoms with van der Waals surface area (Å²) in [4.78, 5) is 7.70. The van der Waals surface area contributed by atoms with E-state index in [4.69, 9.17) is 21.1 Å². The smallest absolute Gasteiger partial charge is 0.265 e. The molecule has 2 aromatic heterocycles. The van der Waals surface area contributed by atoms with Gasteiger partial charge in [-0.3, -0.25) is 0 Å². The summed E-state index contributed by atoms with van der Waals surface area (Å²) in [5.41, 5.74) is 6.82. The van der Waals surface area contributed by atoms with Crippen LogP contribution in [0.1, 0.15) is 18.1 Å². The van der Waals surface area contributed by atoms with E-state index in [1.165, 1.54) is 0 Å². The first-order valence-corrected chi connectivity index (χ1v) is 12.0. The summed E-state index contributed by atoms with van der Waals surface area (Å²) in [6, 6.07) is 19.2. The number of hydrogen-bond acceptors (Lipinski definition) is 7. The first-order chi connectivity index (χ1) is 17.1. The van der Waals surface area contributed by atoms with E-state index in [0.29, 0.717) is 40.9 Å². The molecule has 10 heteroatoms. The van der Waals surface area contributed by atoms with E-state index in [-0.39, 0.29) is 5.95 Å². The Morgan fingerprint density at radius 3 is 2.77 bits per heavy atom. The lowest BCUT2D eigenvalue weighted by atomic mass is 10.2. The predicted octanol–water partition coefficient (Wildman–Crippen LogP) is 6.35. The summed E-state index contributed by atoms with van der Waals surface area (Å²) >= 11 is 9.83. The van der Waals surface area contributed by atoms with Gasteiger partial charge in [0.1, 0.15) is 12.1 Å². The molecule has 0 atom stereocenters. The average Bonchev–Trinajstić information content (AvgIpc) is 3.22. The maximum absolute atomic E-state index is 6.25. The van der Waals surface area contributed by atoms with Crippen molar-refractivity contribution in [2.45, 2.75) is 13.5 Å². The summed E-state index contributed by atoms with van der Waals surface area (Å²) in [6.45, 7) is 2.71. The lowest BCUT2D eigenvalue weighted by Gasteiger charge is -2.15. The highest BCUT2D eigenvalue weighted by molar-refractivity contribution is 9.10. The summed E-state index contributed by atoms with van der Waals surface area (Å²) in [6.07, 6.45) is 1.64. The van der Waals surface area contributed by atoms with E-state index < -0.39 is 0 Å². The minimum Gasteiger partial charge on any atom is -0.490 e. The Kier molecular flexibility index (Phi) is 6.78. The zero-order valence-electron chi connectivity index (χ0n) is 18.6. The van der Waals surface area contributed by atoms with Crippen LogP contribution in [-0.2, 0) is 6.61 Å². The van der Waals surface area contributed by atoms with Crippen LogP contribution in [0, 0.1) is 0 Å². The second-order valence-electron chi connectivity index (χ2n) is 7.52. The number of anilines is 1. The Bertz CT molecular complexity index is 1540. The minimum atomic E-state index is 0.282. The van der Waals surface area contributed by atoms with Gasteiger partial charge in [-0.2, -0.15) is 10.1 Å². The summed E-state index contributed by atoms with van der Waals surface area (Å²) in [5, 5.41) is 14.3. The molecule has 2 heterocycles. The molecule has 0 bridgehead atoms. The first-order valence-electron chi connectivity index (χ1n) is 10.8. The van der Waals surface area contributed by atoms with Crippen molar-refractivity contribution in [1.82, 2.24) is 20.2 Å². The molecule has 5 rings (SSSR count). The van der Waals surface area contributed by atoms with Crippen LogP contribution in [0.4, 0.5) is 5.95 Å². The number of rotatable bonds is 8. The Morgan fingerprint density at radius 1 is 1.09 bits per heavy atom. The molecule has 0 unspecified atom stereocenters. The van der Waals surface area contributed by atoms with Crippen LogP contribution in [-0.4, -0.2) is 33.0 Å². The Balaban J connectivity index is 1.33. The fourth-order valence-electron chi connectivity index (χ4n) is 3.56. The highest BCUT2D eigenvalue weighted by atomic mass is 79.9. The molecule has 0 saturated heterocycles. The number of hydrogen-bond donors (Lipinski definition) is 2. The highest BCUT2D eigenvalue weighted by Gasteiger charge is 2.13. The molecule has 0 aliphatic heterocycles. The molecule has 0 spiro atoms. The maximum atomic E-state index is 6.25.